The molecule has 1 heterocycles. The molecular formula is C20H39N2+. The highest BCUT2D eigenvalue weighted by atomic mass is 15.1. The lowest BCUT2D eigenvalue weighted by Gasteiger charge is -2.06. The minimum absolute atomic E-state index is 1.21. The molecule has 0 aromatic carbocycles. The van der Waals surface area contributed by atoms with Crippen LogP contribution in [-0.2, 0) is 19.5 Å². The topological polar surface area (TPSA) is 8.81 Å². The molecule has 0 spiro atoms. The van der Waals surface area contributed by atoms with Gasteiger partial charge in [-0.2, -0.15) is 0 Å². The molecule has 0 radical (unpaired) electrons. The van der Waals surface area contributed by atoms with Crippen LogP contribution >= 0.6 is 0 Å². The number of rotatable bonds is 14. The van der Waals surface area contributed by atoms with Crippen LogP contribution in [0.2, 0.25) is 0 Å². The number of nitrogens with zero attached hydrogens (tertiary/aromatic N) is 2. The number of aryl methyl sites for hydroxylation is 2. The molecule has 0 saturated carbocycles. The van der Waals surface area contributed by atoms with Gasteiger partial charge in [-0.3, -0.25) is 0 Å². The van der Waals surface area contributed by atoms with Gasteiger partial charge in [-0.1, -0.05) is 59.3 Å². The summed E-state index contributed by atoms with van der Waals surface area (Å²) in [6.45, 7) is 9.29. The Balaban J connectivity index is 2.52. The average Bonchev–Trinajstić information content (AvgIpc) is 2.90. The van der Waals surface area contributed by atoms with Crippen molar-refractivity contribution in [3.05, 3.63) is 18.2 Å². The van der Waals surface area contributed by atoms with E-state index < -0.39 is 0 Å². The van der Waals surface area contributed by atoms with E-state index in [0.717, 1.165) is 0 Å². The molecule has 1 aromatic rings. The van der Waals surface area contributed by atoms with Crippen molar-refractivity contribution in [1.29, 1.82) is 0 Å². The smallest absolute Gasteiger partial charge is 0.234 e. The summed E-state index contributed by atoms with van der Waals surface area (Å²) in [7, 11) is 0. The third kappa shape index (κ3) is 7.47. The molecule has 0 aliphatic carbocycles. The highest BCUT2D eigenvalue weighted by molar-refractivity contribution is 4.84. The predicted molar refractivity (Wildman–Crippen MR) is 96.1 cm³/mol. The summed E-state index contributed by atoms with van der Waals surface area (Å²) in [6.07, 6.45) is 20.7. The standard InChI is InChI=1S/C20H39N2/c1-4-7-10-11-14-17-22-19-18-21(16-13-9-6-3)20(22)15-12-8-5-2/h18-19H,4-17H2,1-3H3/q+1. The lowest BCUT2D eigenvalue weighted by molar-refractivity contribution is -0.704. The largest absolute Gasteiger partial charge is 0.256 e. The molecule has 0 bridgehead atoms. The molecule has 0 aliphatic heterocycles. The van der Waals surface area contributed by atoms with Crippen molar-refractivity contribution in [3.8, 4) is 0 Å². The first-order valence-electron chi connectivity index (χ1n) is 9.90. The molecule has 0 fully saturated rings. The van der Waals surface area contributed by atoms with Crippen LogP contribution < -0.4 is 4.57 Å². The van der Waals surface area contributed by atoms with E-state index in [0.29, 0.717) is 0 Å². The Morgan fingerprint density at radius 3 is 2.14 bits per heavy atom. The van der Waals surface area contributed by atoms with Crippen molar-refractivity contribution in [2.24, 2.45) is 0 Å². The zero-order chi connectivity index (χ0) is 16.0. The third-order valence-electron chi connectivity index (χ3n) is 4.60. The summed E-state index contributed by atoms with van der Waals surface area (Å²) < 4.78 is 5.06. The molecule has 2 heteroatoms. The normalized spacial score (nSPS) is 11.2. The van der Waals surface area contributed by atoms with E-state index in [1.54, 1.807) is 5.82 Å². The predicted octanol–water partition coefficient (Wildman–Crippen LogP) is 5.67. The molecule has 0 amide bonds. The Kier molecular flexibility index (Phi) is 11.1. The molecule has 1 aromatic heterocycles. The van der Waals surface area contributed by atoms with Crippen LogP contribution in [-0.4, -0.2) is 4.57 Å². The molecule has 2 nitrogen and oxygen atoms in total. The number of hydrogen-bond donors (Lipinski definition) is 0. The van der Waals surface area contributed by atoms with Crippen LogP contribution in [0.4, 0.5) is 0 Å². The van der Waals surface area contributed by atoms with E-state index in [4.69, 9.17) is 0 Å². The fourth-order valence-corrected chi connectivity index (χ4v) is 3.14. The van der Waals surface area contributed by atoms with Gasteiger partial charge in [0.25, 0.3) is 5.82 Å². The van der Waals surface area contributed by atoms with E-state index in [-0.39, 0.29) is 0 Å². The van der Waals surface area contributed by atoms with Gasteiger partial charge in [0.1, 0.15) is 12.4 Å². The van der Waals surface area contributed by atoms with Crippen molar-refractivity contribution in [1.82, 2.24) is 4.57 Å². The van der Waals surface area contributed by atoms with E-state index in [9.17, 15) is 0 Å². The van der Waals surface area contributed by atoms with E-state index in [1.165, 1.54) is 90.1 Å². The van der Waals surface area contributed by atoms with Crippen molar-refractivity contribution >= 4 is 0 Å². The maximum atomic E-state index is 2.54. The zero-order valence-corrected chi connectivity index (χ0v) is 15.4. The Bertz CT molecular complexity index is 368. The quantitative estimate of drug-likeness (QED) is 0.309. The van der Waals surface area contributed by atoms with Gasteiger partial charge >= 0.3 is 0 Å². The average molecular weight is 308 g/mol. The zero-order valence-electron chi connectivity index (χ0n) is 15.4. The second-order valence-corrected chi connectivity index (χ2v) is 6.68. The number of hydrogen-bond acceptors (Lipinski definition) is 0. The van der Waals surface area contributed by atoms with E-state index in [2.05, 4.69) is 42.3 Å². The lowest BCUT2D eigenvalue weighted by Crippen LogP contribution is -2.37. The highest BCUT2D eigenvalue weighted by Crippen LogP contribution is 2.09. The summed E-state index contributed by atoms with van der Waals surface area (Å²) in [4.78, 5) is 0. The molecule has 0 saturated heterocycles. The van der Waals surface area contributed by atoms with Crippen LogP contribution in [0.25, 0.3) is 0 Å². The molecular weight excluding hydrogens is 268 g/mol. The van der Waals surface area contributed by atoms with Crippen LogP contribution in [0.3, 0.4) is 0 Å². The van der Waals surface area contributed by atoms with Crippen molar-refractivity contribution < 1.29 is 4.57 Å². The monoisotopic (exact) mass is 307 g/mol. The van der Waals surface area contributed by atoms with Gasteiger partial charge in [0.05, 0.1) is 13.1 Å². The number of unbranched alkanes of at least 4 members (excludes halogenated alkanes) is 8. The highest BCUT2D eigenvalue weighted by Gasteiger charge is 2.16. The first kappa shape index (κ1) is 19.3. The summed E-state index contributed by atoms with van der Waals surface area (Å²) in [5.74, 6) is 1.57. The molecule has 0 N–H and O–H groups in total. The van der Waals surface area contributed by atoms with Gasteiger partial charge in [0.15, 0.2) is 0 Å². The Hall–Kier alpha value is -0.790. The summed E-state index contributed by atoms with van der Waals surface area (Å²) in [5, 5.41) is 0. The van der Waals surface area contributed by atoms with Crippen LogP contribution in [0.5, 0.6) is 0 Å². The van der Waals surface area contributed by atoms with Crippen LogP contribution in [0.15, 0.2) is 12.4 Å². The first-order chi connectivity index (χ1) is 10.8. The molecule has 0 atom stereocenters. The molecule has 1 rings (SSSR count). The summed E-state index contributed by atoms with van der Waals surface area (Å²) in [6, 6.07) is 0. The van der Waals surface area contributed by atoms with Crippen molar-refractivity contribution in [2.75, 3.05) is 0 Å². The second-order valence-electron chi connectivity index (χ2n) is 6.68. The van der Waals surface area contributed by atoms with Gasteiger partial charge in [-0.15, -0.1) is 0 Å². The Labute approximate surface area is 138 Å². The fraction of sp³-hybridized carbons (Fsp3) is 0.850. The minimum atomic E-state index is 1.21. The maximum absolute atomic E-state index is 2.54. The van der Waals surface area contributed by atoms with Crippen LogP contribution in [0, 0.1) is 0 Å². The number of imidazole rings is 1. The van der Waals surface area contributed by atoms with Crippen molar-refractivity contribution in [2.45, 2.75) is 111 Å². The van der Waals surface area contributed by atoms with Crippen molar-refractivity contribution in [3.63, 3.8) is 0 Å². The summed E-state index contributed by atoms with van der Waals surface area (Å²) in [5.41, 5.74) is 0. The molecule has 128 valence electrons. The lowest BCUT2D eigenvalue weighted by atomic mass is 10.1. The minimum Gasteiger partial charge on any atom is -0.234 e. The van der Waals surface area contributed by atoms with Gasteiger partial charge < -0.3 is 0 Å². The van der Waals surface area contributed by atoms with Gasteiger partial charge in [0.2, 0.25) is 0 Å². The Morgan fingerprint density at radius 1 is 0.773 bits per heavy atom. The molecule has 22 heavy (non-hydrogen) atoms. The van der Waals surface area contributed by atoms with Gasteiger partial charge in [0, 0.05) is 6.42 Å². The fourth-order valence-electron chi connectivity index (χ4n) is 3.14. The third-order valence-corrected chi connectivity index (χ3v) is 4.60. The van der Waals surface area contributed by atoms with Crippen LogP contribution in [0.1, 0.15) is 97.2 Å². The summed E-state index contributed by atoms with van der Waals surface area (Å²) >= 11 is 0. The Morgan fingerprint density at radius 2 is 1.41 bits per heavy atom. The first-order valence-corrected chi connectivity index (χ1v) is 9.90. The maximum Gasteiger partial charge on any atom is 0.256 e. The van der Waals surface area contributed by atoms with Gasteiger partial charge in [-0.25, -0.2) is 9.13 Å². The number of aromatic nitrogens is 2. The SMILES string of the molecule is CCCCCCCn1cc[n+](CCCCC)c1CCCCC. The van der Waals surface area contributed by atoms with E-state index >= 15 is 0 Å². The molecule has 0 aliphatic rings. The second kappa shape index (κ2) is 12.7. The molecule has 0 unspecified atom stereocenters. The van der Waals surface area contributed by atoms with E-state index in [1.807, 2.05) is 0 Å². The van der Waals surface area contributed by atoms with Gasteiger partial charge in [-0.05, 0) is 32.1 Å².